The van der Waals surface area contributed by atoms with E-state index in [4.69, 9.17) is 14.9 Å². The standard InChI is InChI=1S/C12H25NO4/c1-5-9(3)13-12(4,6-2)11(16)17-8-10(15)7-14/h9-10,13-15H,5-8H2,1-4H3. The molecule has 0 aromatic heterocycles. The van der Waals surface area contributed by atoms with E-state index in [2.05, 4.69) is 5.32 Å². The monoisotopic (exact) mass is 247 g/mol. The summed E-state index contributed by atoms with van der Waals surface area (Å²) >= 11 is 0. The van der Waals surface area contributed by atoms with E-state index in [9.17, 15) is 4.79 Å². The van der Waals surface area contributed by atoms with Gasteiger partial charge in [-0.3, -0.25) is 10.1 Å². The molecule has 0 fully saturated rings. The molecule has 5 heteroatoms. The highest BCUT2D eigenvalue weighted by Gasteiger charge is 2.34. The van der Waals surface area contributed by atoms with Gasteiger partial charge in [0, 0.05) is 6.04 Å². The number of aliphatic hydroxyl groups excluding tert-OH is 2. The summed E-state index contributed by atoms with van der Waals surface area (Å²) in [6.45, 7) is 7.15. The Labute approximate surface area is 103 Å². The zero-order chi connectivity index (χ0) is 13.5. The Hall–Kier alpha value is -0.650. The number of ether oxygens (including phenoxy) is 1. The zero-order valence-electron chi connectivity index (χ0n) is 11.2. The van der Waals surface area contributed by atoms with E-state index in [1.54, 1.807) is 6.92 Å². The predicted octanol–water partition coefficient (Wildman–Crippen LogP) is 0.440. The van der Waals surface area contributed by atoms with Gasteiger partial charge < -0.3 is 14.9 Å². The van der Waals surface area contributed by atoms with Crippen LogP contribution < -0.4 is 5.32 Å². The molecule has 17 heavy (non-hydrogen) atoms. The summed E-state index contributed by atoms with van der Waals surface area (Å²) in [4.78, 5) is 11.9. The first-order valence-corrected chi connectivity index (χ1v) is 6.13. The van der Waals surface area contributed by atoms with E-state index in [1.165, 1.54) is 0 Å². The fourth-order valence-corrected chi connectivity index (χ4v) is 1.34. The number of esters is 1. The van der Waals surface area contributed by atoms with Crippen molar-refractivity contribution in [2.45, 2.75) is 58.2 Å². The molecule has 0 saturated heterocycles. The van der Waals surface area contributed by atoms with Crippen LogP contribution in [0.3, 0.4) is 0 Å². The van der Waals surface area contributed by atoms with E-state index < -0.39 is 24.2 Å². The van der Waals surface area contributed by atoms with Gasteiger partial charge in [-0.1, -0.05) is 13.8 Å². The van der Waals surface area contributed by atoms with Gasteiger partial charge in [0.1, 0.15) is 18.2 Å². The number of hydrogen-bond donors (Lipinski definition) is 3. The molecule has 0 heterocycles. The minimum Gasteiger partial charge on any atom is -0.461 e. The summed E-state index contributed by atoms with van der Waals surface area (Å²) < 4.78 is 4.98. The van der Waals surface area contributed by atoms with Crippen molar-refractivity contribution in [3.8, 4) is 0 Å². The van der Waals surface area contributed by atoms with Crippen molar-refractivity contribution in [2.75, 3.05) is 13.2 Å². The number of rotatable bonds is 8. The lowest BCUT2D eigenvalue weighted by atomic mass is 9.97. The van der Waals surface area contributed by atoms with Crippen molar-refractivity contribution in [1.29, 1.82) is 0 Å². The molecule has 102 valence electrons. The fourth-order valence-electron chi connectivity index (χ4n) is 1.34. The quantitative estimate of drug-likeness (QED) is 0.542. The highest BCUT2D eigenvalue weighted by atomic mass is 16.5. The van der Waals surface area contributed by atoms with Gasteiger partial charge in [0.25, 0.3) is 0 Å². The maximum atomic E-state index is 11.9. The van der Waals surface area contributed by atoms with Gasteiger partial charge in [-0.05, 0) is 26.7 Å². The molecule has 0 aromatic carbocycles. The molecule has 0 bridgehead atoms. The largest absolute Gasteiger partial charge is 0.461 e. The van der Waals surface area contributed by atoms with Crippen LogP contribution in [0.5, 0.6) is 0 Å². The van der Waals surface area contributed by atoms with Crippen molar-refractivity contribution in [1.82, 2.24) is 5.32 Å². The second kappa shape index (κ2) is 7.63. The van der Waals surface area contributed by atoms with Gasteiger partial charge in [-0.2, -0.15) is 0 Å². The van der Waals surface area contributed by atoms with Crippen LogP contribution in [0, 0.1) is 0 Å². The SMILES string of the molecule is CCC(C)NC(C)(CC)C(=O)OCC(O)CO. The fraction of sp³-hybridized carbons (Fsp3) is 0.917. The van der Waals surface area contributed by atoms with Crippen LogP contribution in [0.2, 0.25) is 0 Å². The molecule has 0 radical (unpaired) electrons. The third-order valence-electron chi connectivity index (χ3n) is 2.95. The van der Waals surface area contributed by atoms with Crippen LogP contribution in [0.4, 0.5) is 0 Å². The Kier molecular flexibility index (Phi) is 7.34. The van der Waals surface area contributed by atoms with Crippen LogP contribution in [-0.4, -0.2) is 47.1 Å². The molecule has 0 spiro atoms. The average Bonchev–Trinajstić information content (AvgIpc) is 2.34. The molecule has 0 amide bonds. The van der Waals surface area contributed by atoms with Gasteiger partial charge in [-0.25, -0.2) is 0 Å². The second-order valence-corrected chi connectivity index (χ2v) is 4.57. The summed E-state index contributed by atoms with van der Waals surface area (Å²) in [5.74, 6) is -0.396. The van der Waals surface area contributed by atoms with E-state index in [-0.39, 0.29) is 12.6 Å². The minimum atomic E-state index is -1.01. The highest BCUT2D eigenvalue weighted by Crippen LogP contribution is 2.14. The average molecular weight is 247 g/mol. The first-order chi connectivity index (χ1) is 7.89. The van der Waals surface area contributed by atoms with Gasteiger partial charge in [0.15, 0.2) is 0 Å². The first-order valence-electron chi connectivity index (χ1n) is 6.13. The third kappa shape index (κ3) is 5.48. The number of hydrogen-bond acceptors (Lipinski definition) is 5. The molecule has 3 atom stereocenters. The Morgan fingerprint density at radius 3 is 2.47 bits per heavy atom. The van der Waals surface area contributed by atoms with E-state index in [0.29, 0.717) is 6.42 Å². The summed E-state index contributed by atoms with van der Waals surface area (Å²) in [7, 11) is 0. The molecule has 0 aliphatic carbocycles. The Morgan fingerprint density at radius 2 is 2.06 bits per heavy atom. The Morgan fingerprint density at radius 1 is 1.47 bits per heavy atom. The van der Waals surface area contributed by atoms with Gasteiger partial charge in [0.05, 0.1) is 6.61 Å². The Balaban J connectivity index is 4.36. The van der Waals surface area contributed by atoms with Gasteiger partial charge in [-0.15, -0.1) is 0 Å². The van der Waals surface area contributed by atoms with Crippen molar-refractivity contribution in [2.24, 2.45) is 0 Å². The Bertz CT molecular complexity index is 235. The maximum absolute atomic E-state index is 11.9. The van der Waals surface area contributed by atoms with Gasteiger partial charge >= 0.3 is 5.97 Å². The predicted molar refractivity (Wildman–Crippen MR) is 65.6 cm³/mol. The molecular weight excluding hydrogens is 222 g/mol. The van der Waals surface area contributed by atoms with Crippen LogP contribution in [0.1, 0.15) is 40.5 Å². The maximum Gasteiger partial charge on any atom is 0.326 e. The van der Waals surface area contributed by atoms with Gasteiger partial charge in [0.2, 0.25) is 0 Å². The normalized spacial score (nSPS) is 18.2. The number of carbonyl (C=O) groups is 1. The molecule has 0 saturated carbocycles. The van der Waals surface area contributed by atoms with Crippen LogP contribution >= 0.6 is 0 Å². The number of carbonyl (C=O) groups excluding carboxylic acids is 1. The van der Waals surface area contributed by atoms with E-state index in [1.807, 2.05) is 20.8 Å². The molecule has 0 aliphatic rings. The lowest BCUT2D eigenvalue weighted by molar-refractivity contribution is -0.155. The topological polar surface area (TPSA) is 78.8 Å². The molecule has 0 aromatic rings. The molecular formula is C12H25NO4. The summed E-state index contributed by atoms with van der Waals surface area (Å²) in [5.41, 5.74) is -0.745. The second-order valence-electron chi connectivity index (χ2n) is 4.57. The van der Waals surface area contributed by atoms with Crippen molar-refractivity contribution in [3.05, 3.63) is 0 Å². The van der Waals surface area contributed by atoms with E-state index in [0.717, 1.165) is 6.42 Å². The van der Waals surface area contributed by atoms with E-state index >= 15 is 0 Å². The summed E-state index contributed by atoms with van der Waals surface area (Å²) in [6.07, 6.45) is 0.511. The van der Waals surface area contributed by atoms with Crippen molar-refractivity contribution < 1.29 is 19.7 Å². The number of aliphatic hydroxyl groups is 2. The van der Waals surface area contributed by atoms with Crippen molar-refractivity contribution in [3.63, 3.8) is 0 Å². The summed E-state index contributed by atoms with van der Waals surface area (Å²) in [5, 5.41) is 21.0. The first kappa shape index (κ1) is 16.4. The minimum absolute atomic E-state index is 0.174. The highest BCUT2D eigenvalue weighted by molar-refractivity contribution is 5.80. The molecule has 5 nitrogen and oxygen atoms in total. The molecule has 3 N–H and O–H groups in total. The molecule has 0 aliphatic heterocycles. The third-order valence-corrected chi connectivity index (χ3v) is 2.95. The molecule has 3 unspecified atom stereocenters. The molecule has 0 rings (SSSR count). The van der Waals surface area contributed by atoms with Crippen LogP contribution in [-0.2, 0) is 9.53 Å². The lowest BCUT2D eigenvalue weighted by Gasteiger charge is -2.30. The van der Waals surface area contributed by atoms with Crippen LogP contribution in [0.15, 0.2) is 0 Å². The number of nitrogens with one attached hydrogen (secondary N) is 1. The lowest BCUT2D eigenvalue weighted by Crippen LogP contribution is -2.53. The van der Waals surface area contributed by atoms with Crippen LogP contribution in [0.25, 0.3) is 0 Å². The summed E-state index contributed by atoms with van der Waals surface area (Å²) in [6, 6.07) is 0.218. The van der Waals surface area contributed by atoms with Crippen molar-refractivity contribution >= 4 is 5.97 Å². The zero-order valence-corrected chi connectivity index (χ0v) is 11.2. The smallest absolute Gasteiger partial charge is 0.326 e.